The quantitative estimate of drug-likeness (QED) is 0.807. The molecule has 0 saturated carbocycles. The molecule has 0 saturated heterocycles. The maximum absolute atomic E-state index is 12.4. The molecule has 0 aliphatic heterocycles. The molecule has 108 valence electrons. The molecule has 0 aliphatic carbocycles. The molecule has 0 spiro atoms. The Bertz CT molecular complexity index is 641. The minimum absolute atomic E-state index is 0.162. The molecular formula is C16H16N2O3. The number of hydrogen-bond acceptors (Lipinski definition) is 4. The molecule has 0 N–H and O–H groups in total. The average Bonchev–Trinajstić information content (AvgIpc) is 2.54. The number of esters is 1. The topological polar surface area (TPSA) is 59.5 Å². The highest BCUT2D eigenvalue weighted by molar-refractivity contribution is 5.97. The van der Waals surface area contributed by atoms with Gasteiger partial charge in [0, 0.05) is 31.5 Å². The Balaban J connectivity index is 2.14. The van der Waals surface area contributed by atoms with Crippen LogP contribution in [0.1, 0.15) is 26.3 Å². The van der Waals surface area contributed by atoms with Crippen LogP contribution in [0, 0.1) is 0 Å². The first-order valence-electron chi connectivity index (χ1n) is 6.44. The number of aromatic nitrogens is 1. The molecule has 2 aromatic rings. The van der Waals surface area contributed by atoms with Crippen molar-refractivity contribution >= 4 is 11.9 Å². The van der Waals surface area contributed by atoms with Crippen LogP contribution >= 0.6 is 0 Å². The van der Waals surface area contributed by atoms with E-state index in [0.29, 0.717) is 17.7 Å². The third-order valence-electron chi connectivity index (χ3n) is 3.02. The van der Waals surface area contributed by atoms with Crippen molar-refractivity contribution in [3.05, 3.63) is 65.5 Å². The molecular weight excluding hydrogens is 268 g/mol. The van der Waals surface area contributed by atoms with Gasteiger partial charge in [0.1, 0.15) is 0 Å². The minimum Gasteiger partial charge on any atom is -0.465 e. The Morgan fingerprint density at radius 1 is 1.19 bits per heavy atom. The lowest BCUT2D eigenvalue weighted by molar-refractivity contribution is 0.0600. The summed E-state index contributed by atoms with van der Waals surface area (Å²) in [6, 6.07) is 10.2. The van der Waals surface area contributed by atoms with Gasteiger partial charge in [-0.25, -0.2) is 4.79 Å². The molecule has 21 heavy (non-hydrogen) atoms. The molecule has 1 amide bonds. The Labute approximate surface area is 123 Å². The highest BCUT2D eigenvalue weighted by atomic mass is 16.5. The van der Waals surface area contributed by atoms with E-state index in [-0.39, 0.29) is 5.91 Å². The summed E-state index contributed by atoms with van der Waals surface area (Å²) in [7, 11) is 3.02. The van der Waals surface area contributed by atoms with Crippen molar-refractivity contribution in [2.24, 2.45) is 0 Å². The molecule has 1 heterocycles. The van der Waals surface area contributed by atoms with E-state index in [4.69, 9.17) is 0 Å². The van der Waals surface area contributed by atoms with Crippen molar-refractivity contribution in [1.29, 1.82) is 0 Å². The van der Waals surface area contributed by atoms with Gasteiger partial charge in [-0.2, -0.15) is 0 Å². The molecule has 0 fully saturated rings. The summed E-state index contributed by atoms with van der Waals surface area (Å²) in [6.07, 6.45) is 3.40. The predicted octanol–water partition coefficient (Wildman–Crippen LogP) is 2.14. The number of benzene rings is 1. The van der Waals surface area contributed by atoms with Crippen LogP contribution < -0.4 is 0 Å². The Morgan fingerprint density at radius 2 is 1.95 bits per heavy atom. The fourth-order valence-electron chi connectivity index (χ4n) is 1.95. The molecule has 5 nitrogen and oxygen atoms in total. The van der Waals surface area contributed by atoms with Gasteiger partial charge in [0.25, 0.3) is 5.91 Å². The zero-order valence-electron chi connectivity index (χ0n) is 11.9. The average molecular weight is 284 g/mol. The molecule has 1 aromatic heterocycles. The molecule has 2 rings (SSSR count). The lowest BCUT2D eigenvalue weighted by Gasteiger charge is -2.17. The van der Waals surface area contributed by atoms with Crippen molar-refractivity contribution in [2.75, 3.05) is 14.2 Å². The van der Waals surface area contributed by atoms with Crippen LogP contribution in [0.25, 0.3) is 0 Å². The lowest BCUT2D eigenvalue weighted by atomic mass is 10.1. The highest BCUT2D eigenvalue weighted by Gasteiger charge is 2.14. The number of carbonyl (C=O) groups excluding carboxylic acids is 2. The van der Waals surface area contributed by atoms with Crippen LogP contribution in [-0.4, -0.2) is 35.9 Å². The number of nitrogens with zero attached hydrogens (tertiary/aromatic N) is 2. The number of amides is 1. The van der Waals surface area contributed by atoms with Crippen molar-refractivity contribution in [3.8, 4) is 0 Å². The maximum Gasteiger partial charge on any atom is 0.337 e. The van der Waals surface area contributed by atoms with Gasteiger partial charge in [-0.15, -0.1) is 0 Å². The van der Waals surface area contributed by atoms with Crippen LogP contribution in [-0.2, 0) is 11.3 Å². The first-order chi connectivity index (χ1) is 10.1. The number of methoxy groups -OCH3 is 1. The number of hydrogen-bond donors (Lipinski definition) is 0. The first-order valence-corrected chi connectivity index (χ1v) is 6.44. The van der Waals surface area contributed by atoms with Gasteiger partial charge in [0.15, 0.2) is 0 Å². The third-order valence-corrected chi connectivity index (χ3v) is 3.02. The summed E-state index contributed by atoms with van der Waals surface area (Å²) in [5, 5.41) is 0. The number of rotatable bonds is 4. The van der Waals surface area contributed by atoms with Gasteiger partial charge < -0.3 is 9.64 Å². The van der Waals surface area contributed by atoms with E-state index in [1.54, 1.807) is 42.5 Å². The van der Waals surface area contributed by atoms with Crippen molar-refractivity contribution < 1.29 is 14.3 Å². The van der Waals surface area contributed by atoms with E-state index in [0.717, 1.165) is 5.56 Å². The van der Waals surface area contributed by atoms with Crippen LogP contribution in [0.5, 0.6) is 0 Å². The van der Waals surface area contributed by atoms with E-state index in [9.17, 15) is 9.59 Å². The van der Waals surface area contributed by atoms with Crippen LogP contribution in [0.3, 0.4) is 0 Å². The molecule has 5 heteroatoms. The summed E-state index contributed by atoms with van der Waals surface area (Å²) in [6.45, 7) is 0.453. The predicted molar refractivity (Wildman–Crippen MR) is 77.8 cm³/mol. The molecule has 0 aliphatic rings. The van der Waals surface area contributed by atoms with Gasteiger partial charge in [0.05, 0.1) is 12.7 Å². The number of ether oxygens (including phenoxy) is 1. The zero-order valence-corrected chi connectivity index (χ0v) is 11.9. The molecule has 0 unspecified atom stereocenters. The van der Waals surface area contributed by atoms with E-state index in [1.165, 1.54) is 13.2 Å². The lowest BCUT2D eigenvalue weighted by Crippen LogP contribution is -2.26. The molecule has 0 atom stereocenters. The van der Waals surface area contributed by atoms with Crippen molar-refractivity contribution in [2.45, 2.75) is 6.54 Å². The zero-order chi connectivity index (χ0) is 15.2. The monoisotopic (exact) mass is 284 g/mol. The fraction of sp³-hybridized carbons (Fsp3) is 0.188. The normalized spacial score (nSPS) is 10.0. The van der Waals surface area contributed by atoms with Gasteiger partial charge in [-0.05, 0) is 29.8 Å². The maximum atomic E-state index is 12.4. The van der Waals surface area contributed by atoms with Gasteiger partial charge in [-0.1, -0.05) is 12.1 Å². The summed E-state index contributed by atoms with van der Waals surface area (Å²) in [5.74, 6) is -0.621. The SMILES string of the molecule is COC(=O)c1cccc(C(=O)N(C)Cc2cccnc2)c1. The Morgan fingerprint density at radius 3 is 2.62 bits per heavy atom. The van der Waals surface area contributed by atoms with E-state index in [2.05, 4.69) is 9.72 Å². The Hall–Kier alpha value is -2.69. The fourth-order valence-corrected chi connectivity index (χ4v) is 1.95. The van der Waals surface area contributed by atoms with Crippen LogP contribution in [0.15, 0.2) is 48.8 Å². The first kappa shape index (κ1) is 14.7. The van der Waals surface area contributed by atoms with Gasteiger partial charge in [0.2, 0.25) is 0 Å². The minimum atomic E-state index is -0.459. The molecule has 0 radical (unpaired) electrons. The van der Waals surface area contributed by atoms with E-state index in [1.807, 2.05) is 12.1 Å². The summed E-state index contributed by atoms with van der Waals surface area (Å²) < 4.78 is 4.66. The number of pyridine rings is 1. The Kier molecular flexibility index (Phi) is 4.66. The second-order valence-electron chi connectivity index (χ2n) is 4.59. The molecule has 0 bridgehead atoms. The van der Waals surface area contributed by atoms with Crippen molar-refractivity contribution in [1.82, 2.24) is 9.88 Å². The van der Waals surface area contributed by atoms with Gasteiger partial charge in [-0.3, -0.25) is 9.78 Å². The third kappa shape index (κ3) is 3.66. The van der Waals surface area contributed by atoms with E-state index >= 15 is 0 Å². The summed E-state index contributed by atoms with van der Waals surface area (Å²) in [5.41, 5.74) is 1.75. The van der Waals surface area contributed by atoms with Crippen LogP contribution in [0.2, 0.25) is 0 Å². The van der Waals surface area contributed by atoms with Crippen LogP contribution in [0.4, 0.5) is 0 Å². The second kappa shape index (κ2) is 6.65. The molecule has 1 aromatic carbocycles. The summed E-state index contributed by atoms with van der Waals surface area (Å²) in [4.78, 5) is 29.5. The summed E-state index contributed by atoms with van der Waals surface area (Å²) >= 11 is 0. The largest absolute Gasteiger partial charge is 0.465 e. The smallest absolute Gasteiger partial charge is 0.337 e. The van der Waals surface area contributed by atoms with Gasteiger partial charge >= 0.3 is 5.97 Å². The standard InChI is InChI=1S/C16H16N2O3/c1-18(11-12-5-4-8-17-10-12)15(19)13-6-3-7-14(9-13)16(20)21-2/h3-10H,11H2,1-2H3. The number of carbonyl (C=O) groups is 2. The van der Waals surface area contributed by atoms with Crippen molar-refractivity contribution in [3.63, 3.8) is 0 Å². The second-order valence-corrected chi connectivity index (χ2v) is 4.59. The van der Waals surface area contributed by atoms with E-state index < -0.39 is 5.97 Å². The highest BCUT2D eigenvalue weighted by Crippen LogP contribution is 2.11.